The maximum atomic E-state index is 10.0. The molecule has 1 rings (SSSR count). The van der Waals surface area contributed by atoms with Crippen molar-refractivity contribution in [2.45, 2.75) is 0 Å². The van der Waals surface area contributed by atoms with Gasteiger partial charge in [-0.05, 0) is 0 Å². The maximum Gasteiger partial charge on any atom is 0.269 e. The van der Waals surface area contributed by atoms with E-state index in [1.807, 2.05) is 0 Å². The van der Waals surface area contributed by atoms with E-state index in [-0.39, 0.29) is 18.1 Å². The summed E-state index contributed by atoms with van der Waals surface area (Å²) in [5.41, 5.74) is 0.137. The molecule has 0 bridgehead atoms. The second-order valence-corrected chi connectivity index (χ2v) is 1.59. The average Bonchev–Trinajstić information content (AvgIpc) is 1.90. The third kappa shape index (κ3) is 2.03. The molecule has 0 aromatic heterocycles. The Kier molecular flexibility index (Phi) is 3.43. The van der Waals surface area contributed by atoms with E-state index in [0.717, 1.165) is 0 Å². The van der Waals surface area contributed by atoms with Gasteiger partial charge in [0.15, 0.2) is 0 Å². The number of non-ortho nitro benzene ring substituents is 1. The minimum absolute atomic E-state index is 0. The Labute approximate surface area is 64.2 Å². The molecule has 0 saturated heterocycles. The number of hydrogen-bond acceptors (Lipinski definition) is 2. The third-order valence-corrected chi connectivity index (χ3v) is 0.967. The van der Waals surface area contributed by atoms with Crippen LogP contribution in [0.1, 0.15) is 0 Å². The zero-order valence-electron chi connectivity index (χ0n) is 5.06. The van der Waals surface area contributed by atoms with Gasteiger partial charge in [0.25, 0.3) is 5.69 Å². The van der Waals surface area contributed by atoms with E-state index >= 15 is 0 Å². The van der Waals surface area contributed by atoms with E-state index in [9.17, 15) is 10.1 Å². The number of nitrogens with zero attached hydrogens (tertiary/aromatic N) is 1. The van der Waals surface area contributed by atoms with Crippen molar-refractivity contribution in [3.05, 3.63) is 40.4 Å². The van der Waals surface area contributed by atoms with Gasteiger partial charge in [-0.2, -0.15) is 0 Å². The first kappa shape index (κ1) is 8.91. The Morgan fingerprint density at radius 3 is 2.00 bits per heavy atom. The van der Waals surface area contributed by atoms with Crippen molar-refractivity contribution in [2.75, 3.05) is 0 Å². The van der Waals surface area contributed by atoms with Crippen molar-refractivity contribution in [3.8, 4) is 0 Å². The Balaban J connectivity index is 0.000000810. The van der Waals surface area contributed by atoms with Crippen LogP contribution in [0.3, 0.4) is 0 Å². The highest BCUT2D eigenvalue weighted by Gasteiger charge is 1.98. The van der Waals surface area contributed by atoms with E-state index in [1.165, 1.54) is 12.1 Å². The maximum absolute atomic E-state index is 10.0. The standard InChI is InChI=1S/C6H5NO2.ClH/c8-7(9)6-4-2-1-3-5-6;/h1-5H;1H. The summed E-state index contributed by atoms with van der Waals surface area (Å²) in [5, 5.41) is 10.0. The monoisotopic (exact) mass is 159 g/mol. The Morgan fingerprint density at radius 1 is 1.20 bits per heavy atom. The third-order valence-electron chi connectivity index (χ3n) is 0.967. The molecule has 0 aliphatic heterocycles. The zero-order chi connectivity index (χ0) is 6.69. The van der Waals surface area contributed by atoms with E-state index < -0.39 is 4.92 Å². The Morgan fingerprint density at radius 2 is 1.70 bits per heavy atom. The minimum Gasteiger partial charge on any atom is -0.258 e. The molecule has 0 aliphatic rings. The molecule has 0 unspecified atom stereocenters. The van der Waals surface area contributed by atoms with Crippen LogP contribution in [0.5, 0.6) is 0 Å². The molecule has 0 aliphatic carbocycles. The highest BCUT2D eigenvalue weighted by molar-refractivity contribution is 5.85. The van der Waals surface area contributed by atoms with E-state index in [1.54, 1.807) is 18.2 Å². The fourth-order valence-corrected chi connectivity index (χ4v) is 0.550. The Hall–Kier alpha value is -1.09. The van der Waals surface area contributed by atoms with E-state index in [2.05, 4.69) is 0 Å². The zero-order valence-corrected chi connectivity index (χ0v) is 5.88. The second kappa shape index (κ2) is 3.85. The number of nitro benzene ring substituents is 1. The molecule has 1 aromatic rings. The van der Waals surface area contributed by atoms with Crippen LogP contribution in [0.25, 0.3) is 0 Å². The second-order valence-electron chi connectivity index (χ2n) is 1.59. The molecule has 10 heavy (non-hydrogen) atoms. The van der Waals surface area contributed by atoms with Crippen LogP contribution in [-0.4, -0.2) is 4.92 Å². The van der Waals surface area contributed by atoms with Crippen LogP contribution in [0.2, 0.25) is 0 Å². The number of benzene rings is 1. The van der Waals surface area contributed by atoms with Gasteiger partial charge in [-0.15, -0.1) is 12.4 Å². The molecule has 0 radical (unpaired) electrons. The van der Waals surface area contributed by atoms with Crippen LogP contribution in [0, 0.1) is 10.1 Å². The lowest BCUT2D eigenvalue weighted by molar-refractivity contribution is -0.384. The number of rotatable bonds is 1. The molecule has 0 spiro atoms. The van der Waals surface area contributed by atoms with Crippen molar-refractivity contribution in [3.63, 3.8) is 0 Å². The lowest BCUT2D eigenvalue weighted by Gasteiger charge is -1.85. The van der Waals surface area contributed by atoms with Crippen LogP contribution in [-0.2, 0) is 0 Å². The van der Waals surface area contributed by atoms with Crippen LogP contribution in [0.4, 0.5) is 5.69 Å². The van der Waals surface area contributed by atoms with Crippen molar-refractivity contribution in [1.82, 2.24) is 0 Å². The van der Waals surface area contributed by atoms with Gasteiger partial charge in [-0.25, -0.2) is 0 Å². The van der Waals surface area contributed by atoms with Crippen LogP contribution >= 0.6 is 12.4 Å². The van der Waals surface area contributed by atoms with Gasteiger partial charge in [-0.3, -0.25) is 10.1 Å². The molecule has 1 aromatic carbocycles. The predicted octanol–water partition coefficient (Wildman–Crippen LogP) is 2.02. The van der Waals surface area contributed by atoms with Crippen molar-refractivity contribution < 1.29 is 4.92 Å². The summed E-state index contributed by atoms with van der Waals surface area (Å²) in [6.45, 7) is 0. The summed E-state index contributed by atoms with van der Waals surface area (Å²) >= 11 is 0. The topological polar surface area (TPSA) is 43.1 Å². The molecule has 3 nitrogen and oxygen atoms in total. The van der Waals surface area contributed by atoms with Gasteiger partial charge in [-0.1, -0.05) is 18.2 Å². The first-order valence-electron chi connectivity index (χ1n) is 2.50. The number of hydrogen-bond donors (Lipinski definition) is 0. The highest BCUT2D eigenvalue weighted by atomic mass is 35.5. The van der Waals surface area contributed by atoms with Gasteiger partial charge >= 0.3 is 0 Å². The van der Waals surface area contributed by atoms with E-state index in [0.29, 0.717) is 0 Å². The summed E-state index contributed by atoms with van der Waals surface area (Å²) < 4.78 is 0. The van der Waals surface area contributed by atoms with Crippen molar-refractivity contribution in [1.29, 1.82) is 0 Å². The molecule has 54 valence electrons. The smallest absolute Gasteiger partial charge is 0.258 e. The molecule has 0 amide bonds. The van der Waals surface area contributed by atoms with Crippen LogP contribution < -0.4 is 0 Å². The number of halogens is 1. The molecule has 0 heterocycles. The quantitative estimate of drug-likeness (QED) is 0.465. The van der Waals surface area contributed by atoms with Crippen molar-refractivity contribution in [2.24, 2.45) is 0 Å². The first-order chi connectivity index (χ1) is 4.30. The van der Waals surface area contributed by atoms with E-state index in [4.69, 9.17) is 0 Å². The molecule has 0 N–H and O–H groups in total. The summed E-state index contributed by atoms with van der Waals surface area (Å²) in [7, 11) is 0. The summed E-state index contributed by atoms with van der Waals surface area (Å²) in [5.74, 6) is 0. The summed E-state index contributed by atoms with van der Waals surface area (Å²) in [4.78, 5) is 9.59. The molecule has 0 saturated carbocycles. The van der Waals surface area contributed by atoms with Gasteiger partial charge in [0.1, 0.15) is 0 Å². The molecule has 0 atom stereocenters. The summed E-state index contributed by atoms with van der Waals surface area (Å²) in [6, 6.07) is 7.93. The van der Waals surface area contributed by atoms with Gasteiger partial charge in [0.05, 0.1) is 4.92 Å². The molecule has 0 fully saturated rings. The van der Waals surface area contributed by atoms with Gasteiger partial charge in [0.2, 0.25) is 0 Å². The largest absolute Gasteiger partial charge is 0.269 e. The van der Waals surface area contributed by atoms with Crippen LogP contribution in [0.15, 0.2) is 30.3 Å². The van der Waals surface area contributed by atoms with Crippen molar-refractivity contribution >= 4 is 18.1 Å². The fourth-order valence-electron chi connectivity index (χ4n) is 0.550. The predicted molar refractivity (Wildman–Crippen MR) is 40.3 cm³/mol. The molecular formula is C6H6ClNO2. The lowest BCUT2D eigenvalue weighted by Crippen LogP contribution is -1.84. The fraction of sp³-hybridized carbons (Fsp3) is 0. The normalized spacial score (nSPS) is 8.00. The first-order valence-corrected chi connectivity index (χ1v) is 2.50. The van der Waals surface area contributed by atoms with Gasteiger partial charge in [0, 0.05) is 12.1 Å². The number of para-hydroxylation sites is 1. The summed E-state index contributed by atoms with van der Waals surface area (Å²) in [6.07, 6.45) is 0. The highest BCUT2D eigenvalue weighted by Crippen LogP contribution is 2.06. The average molecular weight is 160 g/mol. The molecular weight excluding hydrogens is 154 g/mol. The lowest BCUT2D eigenvalue weighted by atomic mass is 10.3. The Bertz CT molecular complexity index is 212. The minimum atomic E-state index is -0.417. The SMILES string of the molecule is Cl.O=[N+]([O-])c1ccccc1. The van der Waals surface area contributed by atoms with Gasteiger partial charge < -0.3 is 0 Å². The molecule has 4 heteroatoms. The number of nitro groups is 1.